The quantitative estimate of drug-likeness (QED) is 0.295. The van der Waals surface area contributed by atoms with Crippen molar-refractivity contribution >= 4 is 5.97 Å². The van der Waals surface area contributed by atoms with Crippen LogP contribution in [0.15, 0.2) is 23.8 Å². The Morgan fingerprint density at radius 2 is 2.19 bits per heavy atom. The van der Waals surface area contributed by atoms with Crippen molar-refractivity contribution in [2.24, 2.45) is 23.7 Å². The van der Waals surface area contributed by atoms with Crippen molar-refractivity contribution in [2.45, 2.75) is 71.0 Å². The first-order chi connectivity index (χ1) is 13.0. The van der Waals surface area contributed by atoms with Crippen molar-refractivity contribution in [3.63, 3.8) is 0 Å². The van der Waals surface area contributed by atoms with Crippen LogP contribution < -0.4 is 0 Å². The molecular formula is C23H34O4. The van der Waals surface area contributed by atoms with Crippen LogP contribution in [0.3, 0.4) is 0 Å². The van der Waals surface area contributed by atoms with Crippen LogP contribution in [0.25, 0.3) is 0 Å². The summed E-state index contributed by atoms with van der Waals surface area (Å²) in [5.74, 6) is 6.93. The molecule has 1 unspecified atom stereocenters. The molecule has 0 spiro atoms. The summed E-state index contributed by atoms with van der Waals surface area (Å²) in [6.07, 6.45) is 11.1. The van der Waals surface area contributed by atoms with Gasteiger partial charge in [-0.3, -0.25) is 4.79 Å². The summed E-state index contributed by atoms with van der Waals surface area (Å²) < 4.78 is 4.67. The minimum atomic E-state index is -0.521. The van der Waals surface area contributed by atoms with Crippen LogP contribution in [0, 0.1) is 35.5 Å². The van der Waals surface area contributed by atoms with E-state index in [-0.39, 0.29) is 23.9 Å². The number of aliphatic hydroxyl groups is 2. The molecule has 2 saturated carbocycles. The topological polar surface area (TPSA) is 66.8 Å². The van der Waals surface area contributed by atoms with E-state index in [4.69, 9.17) is 0 Å². The number of carbonyl (C=O) groups excluding carboxylic acids is 1. The average molecular weight is 375 g/mol. The van der Waals surface area contributed by atoms with Gasteiger partial charge in [-0.15, -0.1) is 11.8 Å². The van der Waals surface area contributed by atoms with Gasteiger partial charge >= 0.3 is 5.97 Å². The fraction of sp³-hybridized carbons (Fsp3) is 0.696. The first kappa shape index (κ1) is 21.7. The Balaban J connectivity index is 1.87. The number of rotatable bonds is 8. The zero-order chi connectivity index (χ0) is 19.8. The number of aliphatic hydroxyl groups excluding tert-OH is 2. The lowest BCUT2D eigenvalue weighted by Gasteiger charge is -2.19. The first-order valence-corrected chi connectivity index (χ1v) is 10.1. The van der Waals surface area contributed by atoms with Crippen LogP contribution >= 0.6 is 0 Å². The maximum Gasteiger partial charge on any atom is 0.305 e. The van der Waals surface area contributed by atoms with Crippen molar-refractivity contribution in [1.82, 2.24) is 0 Å². The van der Waals surface area contributed by atoms with Crippen LogP contribution in [0.5, 0.6) is 0 Å². The highest BCUT2D eigenvalue weighted by Gasteiger charge is 2.44. The van der Waals surface area contributed by atoms with E-state index >= 15 is 0 Å². The Bertz CT molecular complexity index is 610. The Morgan fingerprint density at radius 1 is 1.41 bits per heavy atom. The van der Waals surface area contributed by atoms with Gasteiger partial charge in [0.05, 0.1) is 19.3 Å². The molecule has 0 saturated heterocycles. The van der Waals surface area contributed by atoms with Gasteiger partial charge in [0.1, 0.15) is 0 Å². The summed E-state index contributed by atoms with van der Waals surface area (Å²) in [5, 5.41) is 20.8. The van der Waals surface area contributed by atoms with E-state index < -0.39 is 6.10 Å². The molecule has 0 heterocycles. The van der Waals surface area contributed by atoms with Crippen molar-refractivity contribution in [3.05, 3.63) is 23.8 Å². The highest BCUT2D eigenvalue weighted by atomic mass is 16.5. The molecule has 2 N–H and O–H groups in total. The Hall–Kier alpha value is -1.57. The molecule has 0 bridgehead atoms. The van der Waals surface area contributed by atoms with E-state index in [2.05, 4.69) is 22.7 Å². The predicted octanol–water partition coefficient (Wildman–Crippen LogP) is 3.63. The van der Waals surface area contributed by atoms with E-state index in [9.17, 15) is 15.0 Å². The van der Waals surface area contributed by atoms with Gasteiger partial charge in [-0.2, -0.15) is 0 Å². The second kappa shape index (κ2) is 10.7. The van der Waals surface area contributed by atoms with Gasteiger partial charge in [-0.05, 0) is 56.8 Å². The third-order valence-electron chi connectivity index (χ3n) is 6.07. The molecule has 0 aromatic carbocycles. The molecule has 0 amide bonds. The summed E-state index contributed by atoms with van der Waals surface area (Å²) in [7, 11) is 1.42. The summed E-state index contributed by atoms with van der Waals surface area (Å²) in [5.41, 5.74) is 1.45. The normalized spacial score (nSPS) is 30.8. The highest BCUT2D eigenvalue weighted by Crippen LogP contribution is 2.50. The monoisotopic (exact) mass is 374 g/mol. The van der Waals surface area contributed by atoms with E-state index in [0.29, 0.717) is 24.7 Å². The average Bonchev–Trinajstić information content (AvgIpc) is 3.17. The van der Waals surface area contributed by atoms with Gasteiger partial charge in [0.15, 0.2) is 0 Å². The third kappa shape index (κ3) is 6.23. The standard InChI is InChI=1S/C23H34O4/c1-4-5-8-16(2)21(24)12-11-19-20-14-17(13-18(20)15-22(19)25)9-6-7-10-23(26)27-3/h9,11-12,16,18-22,24-25H,6-8,10,13-15H2,1-3H3/b12-11-,17-9+/t16?,18-,19-,20-,21+,22+/m0/s1. The second-order valence-corrected chi connectivity index (χ2v) is 8.03. The van der Waals surface area contributed by atoms with Crippen LogP contribution in [0.4, 0.5) is 0 Å². The smallest absolute Gasteiger partial charge is 0.305 e. The number of fused-ring (bicyclic) bond motifs is 1. The van der Waals surface area contributed by atoms with Crippen LogP contribution in [-0.2, 0) is 9.53 Å². The summed E-state index contributed by atoms with van der Waals surface area (Å²) in [6.45, 7) is 3.81. The molecule has 0 radical (unpaired) electrons. The number of unbranched alkanes of at least 4 members (excludes halogenated alkanes) is 1. The lowest BCUT2D eigenvalue weighted by Crippen LogP contribution is -2.19. The maximum absolute atomic E-state index is 11.2. The van der Waals surface area contributed by atoms with Crippen molar-refractivity contribution in [3.8, 4) is 11.8 Å². The minimum absolute atomic E-state index is 0.0943. The largest absolute Gasteiger partial charge is 0.469 e. The molecule has 2 rings (SSSR count). The van der Waals surface area contributed by atoms with E-state index in [0.717, 1.165) is 32.1 Å². The Labute approximate surface area is 163 Å². The molecule has 150 valence electrons. The number of esters is 1. The summed E-state index contributed by atoms with van der Waals surface area (Å²) in [6, 6.07) is 0. The van der Waals surface area contributed by atoms with Crippen molar-refractivity contribution in [2.75, 3.05) is 7.11 Å². The minimum Gasteiger partial charge on any atom is -0.469 e. The molecular weight excluding hydrogens is 340 g/mol. The molecule has 0 aliphatic heterocycles. The fourth-order valence-electron chi connectivity index (χ4n) is 4.41. The molecule has 2 aliphatic rings. The number of hydrogen-bond acceptors (Lipinski definition) is 4. The Kier molecular flexibility index (Phi) is 8.60. The summed E-state index contributed by atoms with van der Waals surface area (Å²) in [4.78, 5) is 11.2. The van der Waals surface area contributed by atoms with E-state index in [1.807, 2.05) is 26.0 Å². The molecule has 0 aromatic heterocycles. The van der Waals surface area contributed by atoms with Gasteiger partial charge < -0.3 is 14.9 Å². The molecule has 27 heavy (non-hydrogen) atoms. The lowest BCUT2D eigenvalue weighted by atomic mass is 9.89. The lowest BCUT2D eigenvalue weighted by molar-refractivity contribution is -0.140. The zero-order valence-electron chi connectivity index (χ0n) is 16.9. The first-order valence-electron chi connectivity index (χ1n) is 10.1. The predicted molar refractivity (Wildman–Crippen MR) is 107 cm³/mol. The van der Waals surface area contributed by atoms with Crippen LogP contribution in [-0.4, -0.2) is 35.5 Å². The van der Waals surface area contributed by atoms with Gasteiger partial charge in [-0.1, -0.05) is 30.7 Å². The Morgan fingerprint density at radius 3 is 2.89 bits per heavy atom. The van der Waals surface area contributed by atoms with Crippen molar-refractivity contribution < 1.29 is 19.7 Å². The van der Waals surface area contributed by atoms with Crippen LogP contribution in [0.1, 0.15) is 58.8 Å². The summed E-state index contributed by atoms with van der Waals surface area (Å²) >= 11 is 0. The maximum atomic E-state index is 11.2. The fourth-order valence-corrected chi connectivity index (χ4v) is 4.41. The van der Waals surface area contributed by atoms with E-state index in [1.165, 1.54) is 12.7 Å². The molecule has 6 atom stereocenters. The number of methoxy groups -OCH3 is 1. The van der Waals surface area contributed by atoms with Crippen LogP contribution in [0.2, 0.25) is 0 Å². The molecule has 0 aromatic rings. The van der Waals surface area contributed by atoms with Gasteiger partial charge in [0.25, 0.3) is 0 Å². The van der Waals surface area contributed by atoms with Gasteiger partial charge in [0, 0.05) is 18.8 Å². The van der Waals surface area contributed by atoms with Gasteiger partial charge in [0.2, 0.25) is 0 Å². The number of hydrogen-bond donors (Lipinski definition) is 2. The van der Waals surface area contributed by atoms with Gasteiger partial charge in [-0.25, -0.2) is 0 Å². The second-order valence-electron chi connectivity index (χ2n) is 8.03. The zero-order valence-corrected chi connectivity index (χ0v) is 16.9. The number of ether oxygens (including phenoxy) is 1. The third-order valence-corrected chi connectivity index (χ3v) is 6.07. The highest BCUT2D eigenvalue weighted by molar-refractivity contribution is 5.69. The molecule has 4 heteroatoms. The van der Waals surface area contributed by atoms with E-state index in [1.54, 1.807) is 0 Å². The molecule has 2 aliphatic carbocycles. The molecule has 4 nitrogen and oxygen atoms in total. The molecule has 2 fully saturated rings. The SMILES string of the molecule is CC#CCC(C)[C@H](O)/C=C\[C@H]1[C@H]2C/C(=C/CCCC(=O)OC)C[C@H]2C[C@H]1O. The van der Waals surface area contributed by atoms with Crippen molar-refractivity contribution in [1.29, 1.82) is 0 Å². The number of carbonyl (C=O) groups is 1. The number of allylic oxidation sites excluding steroid dienone is 2.